The Morgan fingerprint density at radius 1 is 1.19 bits per heavy atom. The molecule has 1 aromatic carbocycles. The minimum Gasteiger partial charge on any atom is -0.444 e. The number of halogens is 2. The van der Waals surface area contributed by atoms with Crippen LogP contribution in [0.15, 0.2) is 18.2 Å². The maximum atomic E-state index is 15.3. The Morgan fingerprint density at radius 2 is 1.78 bits per heavy atom. The quantitative estimate of drug-likeness (QED) is 0.712. The number of anilines is 1. The fourth-order valence-corrected chi connectivity index (χ4v) is 3.57. The van der Waals surface area contributed by atoms with E-state index in [9.17, 15) is 14.0 Å². The van der Waals surface area contributed by atoms with Crippen LogP contribution in [0.2, 0.25) is 0 Å². The van der Waals surface area contributed by atoms with Gasteiger partial charge in [0.05, 0.1) is 23.4 Å². The Hall–Kier alpha value is -2.20. The smallest absolute Gasteiger partial charge is 0.444 e. The number of hydrogen-bond donors (Lipinski definition) is 1. The minimum atomic E-state index is -1.38. The molecule has 0 aliphatic carbocycles. The van der Waals surface area contributed by atoms with Crippen molar-refractivity contribution in [3.8, 4) is 0 Å². The third-order valence-electron chi connectivity index (χ3n) is 5.97. The summed E-state index contributed by atoms with van der Waals surface area (Å²) in [4.78, 5) is 26.4. The lowest BCUT2D eigenvalue weighted by molar-refractivity contribution is -0.120. The summed E-state index contributed by atoms with van der Waals surface area (Å²) in [5.41, 5.74) is -2.07. The van der Waals surface area contributed by atoms with Crippen LogP contribution in [0.3, 0.4) is 0 Å². The first-order chi connectivity index (χ1) is 14.6. The molecule has 0 aromatic heterocycles. The van der Waals surface area contributed by atoms with E-state index in [1.807, 2.05) is 27.7 Å². The van der Waals surface area contributed by atoms with Gasteiger partial charge in [-0.15, -0.1) is 0 Å². The van der Waals surface area contributed by atoms with E-state index in [1.54, 1.807) is 26.8 Å². The fourth-order valence-electron chi connectivity index (χ4n) is 3.57. The molecule has 2 heterocycles. The zero-order valence-corrected chi connectivity index (χ0v) is 19.6. The lowest BCUT2D eigenvalue weighted by Gasteiger charge is -2.32. The normalized spacial score (nSPS) is 24.5. The Bertz CT molecular complexity index is 887. The molecular formula is C22H31BF2N2O5. The third-order valence-corrected chi connectivity index (χ3v) is 5.97. The van der Waals surface area contributed by atoms with Crippen LogP contribution in [0.5, 0.6) is 0 Å². The number of rotatable bonds is 3. The maximum Gasteiger partial charge on any atom is 0.497 e. The summed E-state index contributed by atoms with van der Waals surface area (Å²) in [7, 11) is -0.947. The molecule has 7 nitrogen and oxygen atoms in total. The molecule has 3 rings (SSSR count). The van der Waals surface area contributed by atoms with E-state index in [0.29, 0.717) is 0 Å². The third kappa shape index (κ3) is 4.91. The van der Waals surface area contributed by atoms with Gasteiger partial charge < -0.3 is 19.4 Å². The van der Waals surface area contributed by atoms with E-state index >= 15 is 4.39 Å². The fraction of sp³-hybridized carbons (Fsp3) is 0.636. The van der Waals surface area contributed by atoms with E-state index in [1.165, 1.54) is 12.1 Å². The molecule has 10 heteroatoms. The molecular weight excluding hydrogens is 421 g/mol. The topological polar surface area (TPSA) is 77.1 Å². The molecule has 32 heavy (non-hydrogen) atoms. The number of benzene rings is 1. The van der Waals surface area contributed by atoms with Crippen molar-refractivity contribution in [1.82, 2.24) is 4.90 Å². The van der Waals surface area contributed by atoms with Gasteiger partial charge in [-0.25, -0.2) is 13.6 Å². The van der Waals surface area contributed by atoms with E-state index in [-0.39, 0.29) is 24.1 Å². The van der Waals surface area contributed by atoms with Crippen molar-refractivity contribution in [1.29, 1.82) is 0 Å². The highest BCUT2D eigenvalue weighted by Gasteiger charge is 2.52. The second kappa shape index (κ2) is 8.30. The zero-order valence-electron chi connectivity index (χ0n) is 19.6. The predicted octanol–water partition coefficient (Wildman–Crippen LogP) is 3.41. The van der Waals surface area contributed by atoms with Crippen LogP contribution in [0.1, 0.15) is 54.9 Å². The number of ether oxygens (including phenoxy) is 1. The van der Waals surface area contributed by atoms with E-state index in [2.05, 4.69) is 5.32 Å². The number of likely N-dealkylation sites (tertiary alicyclic amines) is 1. The molecule has 176 valence electrons. The first-order valence-corrected chi connectivity index (χ1v) is 10.7. The predicted molar refractivity (Wildman–Crippen MR) is 117 cm³/mol. The monoisotopic (exact) mass is 452 g/mol. The highest BCUT2D eigenvalue weighted by Crippen LogP contribution is 2.37. The number of nitrogens with one attached hydrogen (secondary N) is 1. The van der Waals surface area contributed by atoms with Crippen molar-refractivity contribution in [3.05, 3.63) is 24.0 Å². The van der Waals surface area contributed by atoms with Crippen LogP contribution in [-0.4, -0.2) is 59.6 Å². The molecule has 0 radical (unpaired) electrons. The average Bonchev–Trinajstić information content (AvgIpc) is 3.12. The van der Waals surface area contributed by atoms with Crippen molar-refractivity contribution in [3.63, 3.8) is 0 Å². The van der Waals surface area contributed by atoms with Gasteiger partial charge in [-0.3, -0.25) is 9.69 Å². The van der Waals surface area contributed by atoms with Gasteiger partial charge in [-0.2, -0.15) is 0 Å². The maximum absolute atomic E-state index is 15.3. The molecule has 2 saturated heterocycles. The van der Waals surface area contributed by atoms with Crippen molar-refractivity contribution in [2.45, 2.75) is 83.9 Å². The summed E-state index contributed by atoms with van der Waals surface area (Å²) >= 11 is 0. The summed E-state index contributed by atoms with van der Waals surface area (Å²) in [5.74, 6) is -1.40. The Morgan fingerprint density at radius 3 is 2.34 bits per heavy atom. The summed E-state index contributed by atoms with van der Waals surface area (Å²) in [6, 6.07) is 3.37. The molecule has 0 unspecified atom stereocenters. The number of nitrogens with zero attached hydrogens (tertiary/aromatic N) is 1. The Balaban J connectivity index is 1.78. The summed E-state index contributed by atoms with van der Waals surface area (Å²) in [5, 5.41) is 2.48. The number of amides is 2. The first kappa shape index (κ1) is 24.4. The summed E-state index contributed by atoms with van der Waals surface area (Å²) in [6.07, 6.45) is -2.35. The van der Waals surface area contributed by atoms with Gasteiger partial charge in [0, 0.05) is 11.9 Å². The van der Waals surface area contributed by atoms with Crippen LogP contribution in [0.25, 0.3) is 0 Å². The SMILES string of the molecule is CC(C)(C)OC(=O)N1C[C@H](F)C[C@H]1C(=O)Nc1cccc(B2OC(C)(C)C(C)(C)O2)c1F. The average molecular weight is 452 g/mol. The van der Waals surface area contributed by atoms with E-state index < -0.39 is 54.0 Å². The van der Waals surface area contributed by atoms with Crippen LogP contribution in [0.4, 0.5) is 19.3 Å². The second-order valence-electron chi connectivity index (χ2n) is 10.3. The van der Waals surface area contributed by atoms with Crippen LogP contribution < -0.4 is 10.8 Å². The van der Waals surface area contributed by atoms with Crippen LogP contribution in [-0.2, 0) is 18.8 Å². The van der Waals surface area contributed by atoms with Gasteiger partial charge in [0.1, 0.15) is 23.6 Å². The van der Waals surface area contributed by atoms with Gasteiger partial charge in [0.25, 0.3) is 0 Å². The van der Waals surface area contributed by atoms with E-state index in [4.69, 9.17) is 14.0 Å². The number of carbonyl (C=O) groups is 2. The van der Waals surface area contributed by atoms with Crippen molar-refractivity contribution >= 4 is 30.3 Å². The minimum absolute atomic E-state index is 0.103. The summed E-state index contributed by atoms with van der Waals surface area (Å²) < 4.78 is 46.4. The largest absolute Gasteiger partial charge is 0.497 e. The molecule has 2 amide bonds. The summed E-state index contributed by atoms with van der Waals surface area (Å²) in [6.45, 7) is 12.2. The lowest BCUT2D eigenvalue weighted by Crippen LogP contribution is -2.45. The van der Waals surface area contributed by atoms with E-state index in [0.717, 1.165) is 4.90 Å². The van der Waals surface area contributed by atoms with Gasteiger partial charge in [0.2, 0.25) is 5.91 Å². The highest BCUT2D eigenvalue weighted by atomic mass is 19.1. The molecule has 0 saturated carbocycles. The molecule has 2 atom stereocenters. The van der Waals surface area contributed by atoms with Crippen molar-refractivity contribution in [2.24, 2.45) is 0 Å². The zero-order chi connectivity index (χ0) is 24.1. The first-order valence-electron chi connectivity index (χ1n) is 10.7. The van der Waals surface area contributed by atoms with Gasteiger partial charge in [-0.1, -0.05) is 12.1 Å². The highest BCUT2D eigenvalue weighted by molar-refractivity contribution is 6.62. The molecule has 2 fully saturated rings. The van der Waals surface area contributed by atoms with Gasteiger partial charge >= 0.3 is 13.2 Å². The standard InChI is InChI=1S/C22H31BF2N2O5/c1-20(2,3)30-19(29)27-12-13(24)11-16(27)18(28)26-15-10-8-9-14(17(15)25)23-31-21(4,5)22(6,7)32-23/h8-10,13,16H,11-12H2,1-7H3,(H,26,28)/t13-,16+/m1/s1. The van der Waals surface area contributed by atoms with Gasteiger partial charge in [-0.05, 0) is 54.5 Å². The van der Waals surface area contributed by atoms with Crippen molar-refractivity contribution in [2.75, 3.05) is 11.9 Å². The molecule has 0 spiro atoms. The molecule has 2 aliphatic rings. The number of alkyl halides is 1. The molecule has 0 bridgehead atoms. The molecule has 1 N–H and O–H groups in total. The number of carbonyl (C=O) groups excluding carboxylic acids is 2. The van der Waals surface area contributed by atoms with Gasteiger partial charge in [0.15, 0.2) is 0 Å². The molecule has 1 aromatic rings. The number of hydrogen-bond acceptors (Lipinski definition) is 5. The Labute approximate surface area is 187 Å². The second-order valence-corrected chi connectivity index (χ2v) is 10.3. The van der Waals surface area contributed by atoms with Crippen LogP contribution >= 0.6 is 0 Å². The van der Waals surface area contributed by atoms with Crippen LogP contribution in [0, 0.1) is 5.82 Å². The van der Waals surface area contributed by atoms with Crippen molar-refractivity contribution < 1.29 is 32.4 Å². The Kier molecular flexibility index (Phi) is 6.34. The molecule has 2 aliphatic heterocycles. The lowest BCUT2D eigenvalue weighted by atomic mass is 9.78.